The molecule has 5 nitrogen and oxygen atoms in total. The van der Waals surface area contributed by atoms with Gasteiger partial charge in [0.2, 0.25) is 6.29 Å². The van der Waals surface area contributed by atoms with E-state index in [1.165, 1.54) is 6.42 Å². The highest BCUT2D eigenvalue weighted by Gasteiger charge is 2.31. The number of halogens is 1. The predicted octanol–water partition coefficient (Wildman–Crippen LogP) is 3.96. The molecule has 2 atom stereocenters. The lowest BCUT2D eigenvalue weighted by Gasteiger charge is -2.33. The van der Waals surface area contributed by atoms with E-state index >= 15 is 0 Å². The number of aliphatic hydroxyl groups is 1. The fourth-order valence-electron chi connectivity index (χ4n) is 3.53. The lowest BCUT2D eigenvalue weighted by molar-refractivity contribution is -0.153. The molecule has 1 saturated heterocycles. The minimum Gasteiger partial charge on any atom is -0.459 e. The Kier molecular flexibility index (Phi) is 7.73. The van der Waals surface area contributed by atoms with Gasteiger partial charge in [-0.3, -0.25) is 4.79 Å². The van der Waals surface area contributed by atoms with Gasteiger partial charge in [0.1, 0.15) is 0 Å². The Hall–Kier alpha value is -1.37. The first-order valence-corrected chi connectivity index (χ1v) is 10.6. The second-order valence-electron chi connectivity index (χ2n) is 7.13. The van der Waals surface area contributed by atoms with Gasteiger partial charge in [0.25, 0.3) is 5.91 Å². The number of benzene rings is 1. The maximum absolute atomic E-state index is 12.9. The number of carbonyl (C=O) groups excluding carboxylic acids is 1. The standard InChI is InChI=1S/C21H28BrNO4/c22-18-8-6-16(7-9-18)17-14-19(21(25)23-10-2-1-3-11-23)27-20(15-17)26-13-5-4-12-24/h6-9,14,17,20,24H,1-5,10-13,15H2/t17-,20+/m1/s1. The number of hydrogen-bond acceptors (Lipinski definition) is 4. The van der Waals surface area contributed by atoms with Crippen molar-refractivity contribution in [1.29, 1.82) is 0 Å². The molecule has 0 aromatic heterocycles. The summed E-state index contributed by atoms with van der Waals surface area (Å²) < 4.78 is 12.8. The molecule has 0 spiro atoms. The summed E-state index contributed by atoms with van der Waals surface area (Å²) in [5, 5.41) is 8.93. The molecule has 1 aromatic rings. The average Bonchev–Trinajstić information content (AvgIpc) is 2.71. The number of amides is 1. The number of aliphatic hydroxyl groups excluding tert-OH is 1. The second kappa shape index (κ2) is 10.2. The molecule has 0 aliphatic carbocycles. The molecule has 1 aromatic carbocycles. The maximum Gasteiger partial charge on any atom is 0.288 e. The van der Waals surface area contributed by atoms with Gasteiger partial charge in [0, 0.05) is 36.5 Å². The van der Waals surface area contributed by atoms with Gasteiger partial charge in [-0.1, -0.05) is 28.1 Å². The van der Waals surface area contributed by atoms with E-state index in [4.69, 9.17) is 14.6 Å². The lowest BCUT2D eigenvalue weighted by atomic mass is 9.93. The first-order chi connectivity index (χ1) is 13.2. The Balaban J connectivity index is 1.73. The van der Waals surface area contributed by atoms with Crippen LogP contribution in [0.25, 0.3) is 0 Å². The summed E-state index contributed by atoms with van der Waals surface area (Å²) in [6, 6.07) is 8.18. The highest BCUT2D eigenvalue weighted by molar-refractivity contribution is 9.10. The van der Waals surface area contributed by atoms with Crippen molar-refractivity contribution in [3.05, 3.63) is 46.1 Å². The number of likely N-dealkylation sites (tertiary alicyclic amines) is 1. The summed E-state index contributed by atoms with van der Waals surface area (Å²) in [6.07, 6.45) is 6.96. The fraction of sp³-hybridized carbons (Fsp3) is 0.571. The summed E-state index contributed by atoms with van der Waals surface area (Å²) >= 11 is 3.47. The largest absolute Gasteiger partial charge is 0.459 e. The normalized spacial score (nSPS) is 22.9. The molecule has 27 heavy (non-hydrogen) atoms. The van der Waals surface area contributed by atoms with Gasteiger partial charge in [-0.05, 0) is 55.9 Å². The number of nitrogens with zero attached hydrogens (tertiary/aromatic N) is 1. The zero-order chi connectivity index (χ0) is 19.1. The van der Waals surface area contributed by atoms with Crippen LogP contribution in [0, 0.1) is 0 Å². The molecule has 3 rings (SSSR count). The van der Waals surface area contributed by atoms with Gasteiger partial charge in [0.05, 0.1) is 6.61 Å². The van der Waals surface area contributed by atoms with Crippen molar-refractivity contribution in [3.63, 3.8) is 0 Å². The molecule has 1 N–H and O–H groups in total. The summed E-state index contributed by atoms with van der Waals surface area (Å²) in [5.41, 5.74) is 1.15. The minimum atomic E-state index is -0.439. The van der Waals surface area contributed by atoms with E-state index in [0.717, 1.165) is 42.4 Å². The lowest BCUT2D eigenvalue weighted by Crippen LogP contribution is -2.39. The molecule has 0 saturated carbocycles. The van der Waals surface area contributed by atoms with Crippen LogP contribution in [0.1, 0.15) is 50.0 Å². The number of allylic oxidation sites excluding steroid dienone is 1. The monoisotopic (exact) mass is 437 g/mol. The van der Waals surface area contributed by atoms with Crippen LogP contribution in [0.4, 0.5) is 0 Å². The third kappa shape index (κ3) is 5.80. The molecule has 2 heterocycles. The molecule has 148 valence electrons. The summed E-state index contributed by atoms with van der Waals surface area (Å²) in [5.74, 6) is 0.460. The van der Waals surface area contributed by atoms with Gasteiger partial charge in [-0.25, -0.2) is 0 Å². The van der Waals surface area contributed by atoms with Crippen molar-refractivity contribution >= 4 is 21.8 Å². The van der Waals surface area contributed by atoms with Crippen LogP contribution < -0.4 is 0 Å². The first-order valence-electron chi connectivity index (χ1n) is 9.83. The van der Waals surface area contributed by atoms with E-state index in [1.807, 2.05) is 23.1 Å². The molecular formula is C21H28BrNO4. The Morgan fingerprint density at radius 2 is 1.93 bits per heavy atom. The van der Waals surface area contributed by atoms with E-state index in [0.29, 0.717) is 25.2 Å². The van der Waals surface area contributed by atoms with Gasteiger partial charge in [-0.15, -0.1) is 0 Å². The van der Waals surface area contributed by atoms with Gasteiger partial charge in [-0.2, -0.15) is 0 Å². The number of piperidine rings is 1. The van der Waals surface area contributed by atoms with Crippen molar-refractivity contribution < 1.29 is 19.4 Å². The molecule has 0 radical (unpaired) electrons. The zero-order valence-corrected chi connectivity index (χ0v) is 17.2. The Bertz CT molecular complexity index is 640. The van der Waals surface area contributed by atoms with E-state index in [1.54, 1.807) is 0 Å². The molecule has 2 aliphatic rings. The Morgan fingerprint density at radius 3 is 2.63 bits per heavy atom. The van der Waals surface area contributed by atoms with Crippen molar-refractivity contribution in [1.82, 2.24) is 4.90 Å². The molecule has 0 bridgehead atoms. The second-order valence-corrected chi connectivity index (χ2v) is 8.04. The third-order valence-corrected chi connectivity index (χ3v) is 5.59. The van der Waals surface area contributed by atoms with Crippen LogP contribution in [0.3, 0.4) is 0 Å². The Morgan fingerprint density at radius 1 is 1.19 bits per heavy atom. The highest BCUT2D eigenvalue weighted by atomic mass is 79.9. The summed E-state index contributed by atoms with van der Waals surface area (Å²) in [7, 11) is 0. The summed E-state index contributed by atoms with van der Waals surface area (Å²) in [6.45, 7) is 2.27. The minimum absolute atomic E-state index is 0.0273. The van der Waals surface area contributed by atoms with Gasteiger partial charge in [0.15, 0.2) is 5.76 Å². The number of rotatable bonds is 7. The van der Waals surface area contributed by atoms with Crippen molar-refractivity contribution in [2.75, 3.05) is 26.3 Å². The van der Waals surface area contributed by atoms with Crippen molar-refractivity contribution in [2.45, 2.75) is 50.7 Å². The van der Waals surface area contributed by atoms with Crippen LogP contribution in [-0.4, -0.2) is 48.5 Å². The van der Waals surface area contributed by atoms with Crippen LogP contribution in [0.15, 0.2) is 40.6 Å². The van der Waals surface area contributed by atoms with Crippen LogP contribution in [0.5, 0.6) is 0 Å². The van der Waals surface area contributed by atoms with Crippen molar-refractivity contribution in [2.24, 2.45) is 0 Å². The maximum atomic E-state index is 12.9. The number of unbranched alkanes of at least 4 members (excludes halogenated alkanes) is 1. The SMILES string of the molecule is O=C(C1=C[C@@H](c2ccc(Br)cc2)C[C@@H](OCCCCO)O1)N1CCCCC1. The molecule has 1 fully saturated rings. The number of carbonyl (C=O) groups is 1. The smallest absolute Gasteiger partial charge is 0.288 e. The number of hydrogen-bond donors (Lipinski definition) is 1. The summed E-state index contributed by atoms with van der Waals surface area (Å²) in [4.78, 5) is 14.8. The quantitative estimate of drug-likeness (QED) is 0.655. The molecular weight excluding hydrogens is 410 g/mol. The molecule has 1 amide bonds. The highest BCUT2D eigenvalue weighted by Crippen LogP contribution is 2.33. The van der Waals surface area contributed by atoms with Crippen LogP contribution >= 0.6 is 15.9 Å². The average molecular weight is 438 g/mol. The first kappa shape index (κ1) is 20.4. The van der Waals surface area contributed by atoms with Crippen LogP contribution in [0.2, 0.25) is 0 Å². The fourth-order valence-corrected chi connectivity index (χ4v) is 3.80. The van der Waals surface area contributed by atoms with E-state index in [2.05, 4.69) is 28.1 Å². The third-order valence-electron chi connectivity index (χ3n) is 5.07. The van der Waals surface area contributed by atoms with E-state index in [-0.39, 0.29) is 18.4 Å². The molecule has 6 heteroatoms. The van der Waals surface area contributed by atoms with E-state index < -0.39 is 6.29 Å². The zero-order valence-electron chi connectivity index (χ0n) is 15.6. The van der Waals surface area contributed by atoms with Gasteiger partial charge >= 0.3 is 0 Å². The topological polar surface area (TPSA) is 59.0 Å². The van der Waals surface area contributed by atoms with Crippen LogP contribution in [-0.2, 0) is 14.3 Å². The predicted molar refractivity (Wildman–Crippen MR) is 107 cm³/mol. The number of ether oxygens (including phenoxy) is 2. The molecule has 0 unspecified atom stereocenters. The Labute approximate surface area is 169 Å². The van der Waals surface area contributed by atoms with Crippen molar-refractivity contribution in [3.8, 4) is 0 Å². The van der Waals surface area contributed by atoms with Gasteiger partial charge < -0.3 is 19.5 Å². The van der Waals surface area contributed by atoms with E-state index in [9.17, 15) is 4.79 Å². The molecule has 2 aliphatic heterocycles.